The lowest BCUT2D eigenvalue weighted by molar-refractivity contribution is -0.137. The summed E-state index contributed by atoms with van der Waals surface area (Å²) in [6.45, 7) is 2.71. The monoisotopic (exact) mass is 437 g/mol. The molecule has 0 aliphatic carbocycles. The van der Waals surface area contributed by atoms with E-state index < -0.39 is 11.7 Å². The van der Waals surface area contributed by atoms with Crippen LogP contribution < -0.4 is 10.2 Å². The van der Waals surface area contributed by atoms with Crippen molar-refractivity contribution in [3.05, 3.63) is 35.7 Å². The molecule has 2 aromatic heterocycles. The zero-order chi connectivity index (χ0) is 21.8. The van der Waals surface area contributed by atoms with Crippen LogP contribution in [-0.2, 0) is 15.7 Å². The van der Waals surface area contributed by atoms with Gasteiger partial charge in [-0.2, -0.15) is 18.2 Å². The van der Waals surface area contributed by atoms with E-state index in [4.69, 9.17) is 14.5 Å². The first-order chi connectivity index (χ1) is 14.9. The minimum Gasteiger partial charge on any atom is -0.383 e. The van der Waals surface area contributed by atoms with Crippen LogP contribution in [-0.4, -0.2) is 54.5 Å². The molecule has 1 unspecified atom stereocenters. The zero-order valence-electron chi connectivity index (χ0n) is 17.4. The zero-order valence-corrected chi connectivity index (χ0v) is 17.4. The summed E-state index contributed by atoms with van der Waals surface area (Å²) in [6, 6.07) is 3.92. The number of aromatic nitrogens is 3. The quantitative estimate of drug-likeness (QED) is 0.728. The Labute approximate surface area is 179 Å². The van der Waals surface area contributed by atoms with E-state index in [0.717, 1.165) is 56.3 Å². The van der Waals surface area contributed by atoms with Gasteiger partial charge in [-0.1, -0.05) is 0 Å². The van der Waals surface area contributed by atoms with Crippen LogP contribution in [0.15, 0.2) is 24.4 Å². The third-order valence-corrected chi connectivity index (χ3v) is 5.71. The highest BCUT2D eigenvalue weighted by atomic mass is 19.4. The smallest absolute Gasteiger partial charge is 0.383 e. The summed E-state index contributed by atoms with van der Waals surface area (Å²) in [5.41, 5.74) is 0.106. The number of anilines is 3. The minimum absolute atomic E-state index is 0.0901. The van der Waals surface area contributed by atoms with Gasteiger partial charge in [0.25, 0.3) is 0 Å². The summed E-state index contributed by atoms with van der Waals surface area (Å²) in [6.07, 6.45) is 0.389. The molecule has 2 aliphatic rings. The molecule has 10 heteroatoms. The van der Waals surface area contributed by atoms with E-state index in [-0.39, 0.29) is 17.8 Å². The molecule has 7 nitrogen and oxygen atoms in total. The second-order valence-electron chi connectivity index (χ2n) is 7.86. The molecule has 0 aromatic carbocycles. The average molecular weight is 437 g/mol. The Balaban J connectivity index is 1.66. The van der Waals surface area contributed by atoms with Crippen molar-refractivity contribution in [2.75, 3.05) is 43.7 Å². The van der Waals surface area contributed by atoms with Crippen LogP contribution in [0, 0.1) is 0 Å². The fraction of sp³-hybridized carbons (Fsp3) is 0.571. The molecule has 2 saturated heterocycles. The fourth-order valence-electron chi connectivity index (χ4n) is 4.12. The van der Waals surface area contributed by atoms with Crippen molar-refractivity contribution < 1.29 is 22.6 Å². The Morgan fingerprint density at radius 1 is 1.16 bits per heavy atom. The molecule has 0 amide bonds. The molecular weight excluding hydrogens is 411 g/mol. The number of hydrogen-bond acceptors (Lipinski definition) is 7. The van der Waals surface area contributed by atoms with Crippen LogP contribution in [0.3, 0.4) is 0 Å². The third kappa shape index (κ3) is 5.24. The first-order valence-corrected chi connectivity index (χ1v) is 10.5. The summed E-state index contributed by atoms with van der Waals surface area (Å²) < 4.78 is 50.1. The first kappa shape index (κ1) is 21.8. The van der Waals surface area contributed by atoms with Gasteiger partial charge in [0, 0.05) is 45.0 Å². The highest BCUT2D eigenvalue weighted by Gasteiger charge is 2.31. The van der Waals surface area contributed by atoms with Crippen LogP contribution in [0.4, 0.5) is 30.8 Å². The van der Waals surface area contributed by atoms with Gasteiger partial charge in [0.05, 0.1) is 23.9 Å². The normalized spacial score (nSPS) is 20.3. The van der Waals surface area contributed by atoms with Crippen molar-refractivity contribution in [2.45, 2.75) is 43.8 Å². The lowest BCUT2D eigenvalue weighted by Gasteiger charge is -2.27. The number of pyridine rings is 1. The van der Waals surface area contributed by atoms with E-state index in [2.05, 4.69) is 20.2 Å². The van der Waals surface area contributed by atoms with Crippen LogP contribution in [0.5, 0.6) is 0 Å². The molecular formula is C21H26F3N5O2. The summed E-state index contributed by atoms with van der Waals surface area (Å²) in [7, 11) is 1.67. The predicted molar refractivity (Wildman–Crippen MR) is 110 cm³/mol. The highest BCUT2D eigenvalue weighted by molar-refractivity contribution is 5.56. The maximum absolute atomic E-state index is 13.1. The van der Waals surface area contributed by atoms with Crippen LogP contribution in [0.2, 0.25) is 0 Å². The van der Waals surface area contributed by atoms with Crippen molar-refractivity contribution >= 4 is 17.6 Å². The number of methoxy groups -OCH3 is 1. The van der Waals surface area contributed by atoms with Crippen molar-refractivity contribution in [1.29, 1.82) is 0 Å². The van der Waals surface area contributed by atoms with Crippen LogP contribution in [0.25, 0.3) is 0 Å². The maximum Gasteiger partial charge on any atom is 0.416 e. The molecule has 1 atom stereocenters. The van der Waals surface area contributed by atoms with Crippen molar-refractivity contribution in [3.63, 3.8) is 0 Å². The second kappa shape index (κ2) is 9.35. The molecule has 2 fully saturated rings. The Hall–Kier alpha value is -2.46. The molecule has 2 aromatic rings. The van der Waals surface area contributed by atoms with Gasteiger partial charge in [-0.25, -0.2) is 9.97 Å². The molecule has 0 saturated carbocycles. The topological polar surface area (TPSA) is 72.4 Å². The number of halogens is 3. The van der Waals surface area contributed by atoms with E-state index in [1.165, 1.54) is 0 Å². The minimum atomic E-state index is -4.44. The van der Waals surface area contributed by atoms with Crippen molar-refractivity contribution in [3.8, 4) is 0 Å². The predicted octanol–water partition coefficient (Wildman–Crippen LogP) is 4.14. The molecule has 0 bridgehead atoms. The largest absolute Gasteiger partial charge is 0.416 e. The van der Waals surface area contributed by atoms with E-state index in [1.807, 2.05) is 6.07 Å². The lowest BCUT2D eigenvalue weighted by atomic mass is 9.96. The van der Waals surface area contributed by atoms with Gasteiger partial charge in [0.2, 0.25) is 5.95 Å². The molecule has 4 rings (SSSR count). The number of nitrogens with one attached hydrogen (secondary N) is 1. The van der Waals surface area contributed by atoms with Crippen LogP contribution >= 0.6 is 0 Å². The van der Waals surface area contributed by atoms with Gasteiger partial charge in [0.1, 0.15) is 11.6 Å². The number of ether oxygens (including phenoxy) is 2. The van der Waals surface area contributed by atoms with Gasteiger partial charge >= 0.3 is 6.18 Å². The molecule has 168 valence electrons. The standard InChI is InChI=1S/C21H26F3N5O2/c1-30-13-16-3-2-8-29(16)20-26-17(14-5-9-31-10-6-14)12-19(28-20)27-18-11-15(4-7-25-18)21(22,23)24/h4,7,11-12,14,16H,2-3,5-6,8-10,13H2,1H3,(H,25,26,27,28). The van der Waals surface area contributed by atoms with Crippen molar-refractivity contribution in [2.24, 2.45) is 0 Å². The number of nitrogens with zero attached hydrogens (tertiary/aromatic N) is 4. The van der Waals surface area contributed by atoms with Crippen LogP contribution in [0.1, 0.15) is 42.9 Å². The SMILES string of the molecule is COCC1CCCN1c1nc(Nc2cc(C(F)(F)F)ccn2)cc(C2CCOCC2)n1. The Morgan fingerprint density at radius 2 is 1.97 bits per heavy atom. The molecule has 0 spiro atoms. The fourth-order valence-corrected chi connectivity index (χ4v) is 4.12. The van der Waals surface area contributed by atoms with E-state index in [0.29, 0.717) is 31.6 Å². The van der Waals surface area contributed by atoms with Gasteiger partial charge < -0.3 is 19.7 Å². The number of hydrogen-bond donors (Lipinski definition) is 1. The summed E-state index contributed by atoms with van der Waals surface area (Å²) in [5.74, 6) is 1.31. The number of rotatable bonds is 6. The Morgan fingerprint density at radius 3 is 2.71 bits per heavy atom. The molecule has 0 radical (unpaired) electrons. The Bertz CT molecular complexity index is 890. The van der Waals surface area contributed by atoms with Gasteiger partial charge in [-0.3, -0.25) is 0 Å². The van der Waals surface area contributed by atoms with E-state index in [1.54, 1.807) is 7.11 Å². The molecule has 2 aliphatic heterocycles. The molecule has 1 N–H and O–H groups in total. The van der Waals surface area contributed by atoms with E-state index in [9.17, 15) is 13.2 Å². The average Bonchev–Trinajstić information content (AvgIpc) is 3.22. The first-order valence-electron chi connectivity index (χ1n) is 10.5. The van der Waals surface area contributed by atoms with Crippen molar-refractivity contribution in [1.82, 2.24) is 15.0 Å². The maximum atomic E-state index is 13.1. The highest BCUT2D eigenvalue weighted by Crippen LogP contribution is 2.33. The third-order valence-electron chi connectivity index (χ3n) is 5.71. The molecule has 31 heavy (non-hydrogen) atoms. The molecule has 4 heterocycles. The number of alkyl halides is 3. The summed E-state index contributed by atoms with van der Waals surface area (Å²) >= 11 is 0. The summed E-state index contributed by atoms with van der Waals surface area (Å²) in [4.78, 5) is 15.6. The van der Waals surface area contributed by atoms with E-state index >= 15 is 0 Å². The van der Waals surface area contributed by atoms with Gasteiger partial charge in [0.15, 0.2) is 0 Å². The lowest BCUT2D eigenvalue weighted by Crippen LogP contribution is -2.34. The van der Waals surface area contributed by atoms with Gasteiger partial charge in [-0.15, -0.1) is 0 Å². The Kier molecular flexibility index (Phi) is 6.57. The second-order valence-corrected chi connectivity index (χ2v) is 7.86. The summed E-state index contributed by atoms with van der Waals surface area (Å²) in [5, 5.41) is 2.96. The van der Waals surface area contributed by atoms with Gasteiger partial charge in [-0.05, 0) is 37.8 Å².